The Morgan fingerprint density at radius 1 is 1.13 bits per heavy atom. The number of rotatable bonds is 6. The molecule has 0 aromatic heterocycles. The van der Waals surface area contributed by atoms with E-state index in [1.165, 1.54) is 18.2 Å². The molecule has 0 unspecified atom stereocenters. The van der Waals surface area contributed by atoms with Gasteiger partial charge in [0.05, 0.1) is 12.7 Å². The molecule has 1 rings (SSSR count). The summed E-state index contributed by atoms with van der Waals surface area (Å²) in [6.45, 7) is 7.49. The molecule has 0 spiro atoms. The van der Waals surface area contributed by atoms with E-state index >= 15 is 0 Å². The second kappa shape index (κ2) is 8.53. The normalized spacial score (nSPS) is 12.3. The molecule has 23 heavy (non-hydrogen) atoms. The van der Waals surface area contributed by atoms with Crippen molar-refractivity contribution in [1.82, 2.24) is 0 Å². The number of hydrogen-bond donors (Lipinski definition) is 0. The molecule has 0 saturated carbocycles. The highest BCUT2D eigenvalue weighted by Crippen LogP contribution is 2.12. The first kappa shape index (κ1) is 19.0. The molecule has 0 aliphatic carbocycles. The second-order valence-corrected chi connectivity index (χ2v) is 6.15. The molecule has 0 radical (unpaired) electrons. The first-order valence-corrected chi connectivity index (χ1v) is 7.64. The van der Waals surface area contributed by atoms with Crippen LogP contribution in [0.4, 0.5) is 0 Å². The minimum atomic E-state index is -0.590. The maximum Gasteiger partial charge on any atom is 0.335 e. The number of ether oxygens (including phenoxy) is 2. The van der Waals surface area contributed by atoms with Crippen LogP contribution in [0.2, 0.25) is 5.02 Å². The van der Waals surface area contributed by atoms with Crippen LogP contribution in [-0.4, -0.2) is 24.0 Å². The number of esters is 1. The topological polar surface area (TPSA) is 52.6 Å². The van der Waals surface area contributed by atoms with Crippen LogP contribution in [0.1, 0.15) is 38.1 Å². The van der Waals surface area contributed by atoms with Crippen LogP contribution in [0.3, 0.4) is 0 Å². The molecule has 0 N–H and O–H groups in total. The fourth-order valence-corrected chi connectivity index (χ4v) is 1.75. The number of ketones is 1. The van der Waals surface area contributed by atoms with Gasteiger partial charge in [-0.05, 0) is 64.1 Å². The van der Waals surface area contributed by atoms with E-state index in [1.54, 1.807) is 52.0 Å². The van der Waals surface area contributed by atoms with E-state index < -0.39 is 11.6 Å². The molecule has 0 atom stereocenters. The van der Waals surface area contributed by atoms with Gasteiger partial charge < -0.3 is 9.47 Å². The van der Waals surface area contributed by atoms with Gasteiger partial charge in [0.25, 0.3) is 0 Å². The largest absolute Gasteiger partial charge is 0.494 e. The lowest BCUT2D eigenvalue weighted by Crippen LogP contribution is -2.22. The van der Waals surface area contributed by atoms with Crippen molar-refractivity contribution in [3.05, 3.63) is 58.8 Å². The van der Waals surface area contributed by atoms with E-state index in [-0.39, 0.29) is 11.5 Å². The van der Waals surface area contributed by atoms with Crippen molar-refractivity contribution < 1.29 is 19.1 Å². The zero-order valence-corrected chi connectivity index (χ0v) is 14.5. The van der Waals surface area contributed by atoms with Gasteiger partial charge in [-0.1, -0.05) is 11.6 Å². The number of carbonyl (C=O) groups excluding carboxylic acids is 2. The predicted molar refractivity (Wildman–Crippen MR) is 90.5 cm³/mol. The fraction of sp³-hybridized carbons (Fsp3) is 0.333. The minimum Gasteiger partial charge on any atom is -0.494 e. The summed E-state index contributed by atoms with van der Waals surface area (Å²) in [5.74, 6) is -0.468. The van der Waals surface area contributed by atoms with Crippen molar-refractivity contribution in [2.45, 2.75) is 33.3 Å². The van der Waals surface area contributed by atoms with Crippen LogP contribution in [0.5, 0.6) is 0 Å². The zero-order chi connectivity index (χ0) is 17.5. The van der Waals surface area contributed by atoms with Crippen molar-refractivity contribution >= 4 is 23.4 Å². The second-order valence-electron chi connectivity index (χ2n) is 5.72. The first-order valence-electron chi connectivity index (χ1n) is 7.26. The Labute approximate surface area is 141 Å². The summed E-state index contributed by atoms with van der Waals surface area (Å²) in [5, 5.41) is 0.561. The van der Waals surface area contributed by atoms with Crippen molar-refractivity contribution in [3.8, 4) is 0 Å². The summed E-state index contributed by atoms with van der Waals surface area (Å²) in [4.78, 5) is 23.8. The quantitative estimate of drug-likeness (QED) is 0.255. The Morgan fingerprint density at radius 3 is 2.26 bits per heavy atom. The van der Waals surface area contributed by atoms with Crippen molar-refractivity contribution in [3.63, 3.8) is 0 Å². The molecule has 0 bridgehead atoms. The number of benzene rings is 1. The molecule has 0 heterocycles. The van der Waals surface area contributed by atoms with Gasteiger partial charge in [-0.3, -0.25) is 4.79 Å². The van der Waals surface area contributed by atoms with E-state index in [9.17, 15) is 9.59 Å². The first-order chi connectivity index (χ1) is 10.7. The highest BCUT2D eigenvalue weighted by molar-refractivity contribution is 6.30. The van der Waals surface area contributed by atoms with Gasteiger partial charge in [-0.2, -0.15) is 0 Å². The SMILES string of the molecule is CCOC(/C=C/C(=O)c1ccc(Cl)cc1)=C/C(=O)OC(C)(C)C. The Morgan fingerprint density at radius 2 is 1.74 bits per heavy atom. The molecule has 1 aromatic rings. The smallest absolute Gasteiger partial charge is 0.335 e. The van der Waals surface area contributed by atoms with Gasteiger partial charge in [0, 0.05) is 10.6 Å². The van der Waals surface area contributed by atoms with Crippen LogP contribution in [0.25, 0.3) is 0 Å². The molecule has 5 heteroatoms. The monoisotopic (exact) mass is 336 g/mol. The molecule has 0 aliphatic rings. The molecule has 124 valence electrons. The summed E-state index contributed by atoms with van der Waals surface area (Å²) in [6, 6.07) is 6.55. The predicted octanol–water partition coefficient (Wildman–Crippen LogP) is 4.34. The molecule has 4 nitrogen and oxygen atoms in total. The van der Waals surface area contributed by atoms with Crippen LogP contribution < -0.4 is 0 Å². The third-order valence-corrected chi connectivity index (χ3v) is 2.76. The van der Waals surface area contributed by atoms with Crippen molar-refractivity contribution in [2.75, 3.05) is 6.61 Å². The summed E-state index contributed by atoms with van der Waals surface area (Å²) in [6.07, 6.45) is 4.01. The lowest BCUT2D eigenvalue weighted by atomic mass is 10.1. The lowest BCUT2D eigenvalue weighted by Gasteiger charge is -2.18. The van der Waals surface area contributed by atoms with Crippen LogP contribution in [0, 0.1) is 0 Å². The van der Waals surface area contributed by atoms with Crippen molar-refractivity contribution in [2.24, 2.45) is 0 Å². The van der Waals surface area contributed by atoms with Gasteiger partial charge in [-0.15, -0.1) is 0 Å². The third kappa shape index (κ3) is 7.66. The van der Waals surface area contributed by atoms with Crippen LogP contribution >= 0.6 is 11.6 Å². The Bertz CT molecular complexity index is 607. The molecular weight excluding hydrogens is 316 g/mol. The van der Waals surface area contributed by atoms with E-state index in [0.717, 1.165) is 0 Å². The highest BCUT2D eigenvalue weighted by Gasteiger charge is 2.15. The summed E-state index contributed by atoms with van der Waals surface area (Å²) in [5.41, 5.74) is -0.0907. The summed E-state index contributed by atoms with van der Waals surface area (Å²) >= 11 is 5.79. The fourth-order valence-electron chi connectivity index (χ4n) is 1.62. The molecular formula is C18H21ClO4. The van der Waals surface area contributed by atoms with Gasteiger partial charge in [0.2, 0.25) is 0 Å². The average Bonchev–Trinajstić information content (AvgIpc) is 2.43. The van der Waals surface area contributed by atoms with Crippen LogP contribution in [-0.2, 0) is 14.3 Å². The standard InChI is InChI=1S/C18H21ClO4/c1-5-22-15(12-17(21)23-18(2,3)4)10-11-16(20)13-6-8-14(19)9-7-13/h6-12H,5H2,1-4H3/b11-10+,15-12+. The molecule has 0 fully saturated rings. The molecule has 0 aliphatic heterocycles. The number of carbonyl (C=O) groups is 2. The van der Waals surface area contributed by atoms with Gasteiger partial charge in [-0.25, -0.2) is 4.79 Å². The van der Waals surface area contributed by atoms with Gasteiger partial charge >= 0.3 is 5.97 Å². The third-order valence-electron chi connectivity index (χ3n) is 2.51. The van der Waals surface area contributed by atoms with Gasteiger partial charge in [0.15, 0.2) is 5.78 Å². The zero-order valence-electron chi connectivity index (χ0n) is 13.8. The minimum absolute atomic E-state index is 0.212. The number of hydrogen-bond acceptors (Lipinski definition) is 4. The molecule has 0 amide bonds. The highest BCUT2D eigenvalue weighted by atomic mass is 35.5. The van der Waals surface area contributed by atoms with E-state index in [4.69, 9.17) is 21.1 Å². The summed E-state index contributed by atoms with van der Waals surface area (Å²) < 4.78 is 10.5. The molecule has 1 aromatic carbocycles. The Kier molecular flexibility index (Phi) is 7.04. The van der Waals surface area contributed by atoms with E-state index in [2.05, 4.69) is 0 Å². The van der Waals surface area contributed by atoms with Crippen molar-refractivity contribution in [1.29, 1.82) is 0 Å². The van der Waals surface area contributed by atoms with E-state index in [0.29, 0.717) is 17.2 Å². The summed E-state index contributed by atoms with van der Waals surface area (Å²) in [7, 11) is 0. The maximum atomic E-state index is 12.1. The van der Waals surface area contributed by atoms with E-state index in [1.807, 2.05) is 0 Å². The van der Waals surface area contributed by atoms with Crippen LogP contribution in [0.15, 0.2) is 48.3 Å². The number of halogens is 1. The average molecular weight is 337 g/mol. The molecule has 0 saturated heterocycles. The Hall–Kier alpha value is -2.07. The number of allylic oxidation sites excluding steroid dienone is 2. The van der Waals surface area contributed by atoms with Gasteiger partial charge in [0.1, 0.15) is 11.4 Å². The lowest BCUT2D eigenvalue weighted by molar-refractivity contribution is -0.148. The Balaban J connectivity index is 2.83. The maximum absolute atomic E-state index is 12.1.